The second kappa shape index (κ2) is 8.31. The number of benzene rings is 3. The smallest absolute Gasteiger partial charge is 0.257 e. The van der Waals surface area contributed by atoms with Crippen molar-refractivity contribution < 1.29 is 9.59 Å². The largest absolute Gasteiger partial charge is 0.322 e. The van der Waals surface area contributed by atoms with Gasteiger partial charge in [-0.25, -0.2) is 0 Å². The Hall–Kier alpha value is -2.76. The molecule has 6 heteroatoms. The molecule has 0 aromatic heterocycles. The average Bonchev–Trinajstić information content (AvgIpc) is 3.10. The van der Waals surface area contributed by atoms with Crippen molar-refractivity contribution in [3.05, 3.63) is 94.5 Å². The van der Waals surface area contributed by atoms with Crippen LogP contribution in [0.15, 0.2) is 72.8 Å². The van der Waals surface area contributed by atoms with Crippen molar-refractivity contribution in [2.45, 2.75) is 12.3 Å². The molecule has 1 aliphatic rings. The van der Waals surface area contributed by atoms with Crippen molar-refractivity contribution in [2.75, 3.05) is 16.0 Å². The average molecular weight is 423 g/mol. The van der Waals surface area contributed by atoms with E-state index in [2.05, 4.69) is 5.32 Å². The number of nitrogens with zero attached hydrogens (tertiary/aromatic N) is 1. The predicted octanol–water partition coefficient (Wildman–Crippen LogP) is 5.68. The van der Waals surface area contributed by atoms with Crippen molar-refractivity contribution in [3.8, 4) is 0 Å². The molecule has 1 atom stereocenters. The molecule has 2 amide bonds. The fraction of sp³-hybridized carbons (Fsp3) is 0.130. The Bertz CT molecular complexity index is 1070. The summed E-state index contributed by atoms with van der Waals surface area (Å²) in [6.45, 7) is 2.02. The number of thioether (sulfide) groups is 1. The zero-order chi connectivity index (χ0) is 20.4. The van der Waals surface area contributed by atoms with Crippen LogP contribution in [0.4, 0.5) is 11.4 Å². The van der Waals surface area contributed by atoms with E-state index in [0.29, 0.717) is 22.0 Å². The molecule has 4 nitrogen and oxygen atoms in total. The van der Waals surface area contributed by atoms with Gasteiger partial charge in [0.1, 0.15) is 5.37 Å². The van der Waals surface area contributed by atoms with E-state index in [9.17, 15) is 9.59 Å². The number of para-hydroxylation sites is 1. The van der Waals surface area contributed by atoms with Crippen molar-refractivity contribution in [1.82, 2.24) is 0 Å². The number of aryl methyl sites for hydroxylation is 1. The van der Waals surface area contributed by atoms with Crippen LogP contribution in [-0.4, -0.2) is 17.6 Å². The van der Waals surface area contributed by atoms with E-state index in [1.807, 2.05) is 55.5 Å². The van der Waals surface area contributed by atoms with Crippen LogP contribution in [0.5, 0.6) is 0 Å². The van der Waals surface area contributed by atoms with Gasteiger partial charge in [0.05, 0.1) is 16.3 Å². The number of nitrogens with one attached hydrogen (secondary N) is 1. The number of hydrogen-bond acceptors (Lipinski definition) is 3. The predicted molar refractivity (Wildman–Crippen MR) is 120 cm³/mol. The standard InChI is InChI=1S/C23H19ClN2O2S/c1-15-10-12-16(13-11-15)26-21(27)14-29-23(26)18-7-3-5-9-20(18)25-22(28)17-6-2-4-8-19(17)24/h2-13,23H,14H2,1H3,(H,25,28)/t23-/m0/s1. The maximum absolute atomic E-state index is 12.8. The minimum Gasteiger partial charge on any atom is -0.322 e. The Morgan fingerprint density at radius 2 is 1.72 bits per heavy atom. The van der Waals surface area contributed by atoms with Gasteiger partial charge in [0, 0.05) is 16.9 Å². The van der Waals surface area contributed by atoms with Crippen LogP contribution >= 0.6 is 23.4 Å². The zero-order valence-corrected chi connectivity index (χ0v) is 17.3. The molecule has 1 saturated heterocycles. The molecule has 146 valence electrons. The number of halogens is 1. The summed E-state index contributed by atoms with van der Waals surface area (Å²) < 4.78 is 0. The van der Waals surface area contributed by atoms with Crippen LogP contribution in [0.25, 0.3) is 0 Å². The van der Waals surface area contributed by atoms with Gasteiger partial charge in [0.15, 0.2) is 0 Å². The summed E-state index contributed by atoms with van der Waals surface area (Å²) >= 11 is 7.72. The molecule has 0 unspecified atom stereocenters. The van der Waals surface area contributed by atoms with Gasteiger partial charge in [-0.15, -0.1) is 11.8 Å². The molecule has 0 saturated carbocycles. The van der Waals surface area contributed by atoms with Crippen LogP contribution in [0.3, 0.4) is 0 Å². The van der Waals surface area contributed by atoms with E-state index in [-0.39, 0.29) is 17.2 Å². The van der Waals surface area contributed by atoms with Crippen LogP contribution in [0.2, 0.25) is 5.02 Å². The highest BCUT2D eigenvalue weighted by molar-refractivity contribution is 8.00. The minimum atomic E-state index is -0.278. The Kier molecular flexibility index (Phi) is 5.60. The first-order chi connectivity index (χ1) is 14.0. The topological polar surface area (TPSA) is 49.4 Å². The maximum Gasteiger partial charge on any atom is 0.257 e. The van der Waals surface area contributed by atoms with Crippen molar-refractivity contribution in [3.63, 3.8) is 0 Å². The van der Waals surface area contributed by atoms with E-state index >= 15 is 0 Å². The third-order valence-electron chi connectivity index (χ3n) is 4.77. The number of amides is 2. The van der Waals surface area contributed by atoms with E-state index in [1.165, 1.54) is 0 Å². The van der Waals surface area contributed by atoms with Gasteiger partial charge in [-0.1, -0.05) is 59.6 Å². The first kappa shape index (κ1) is 19.6. The Labute approximate surface area is 178 Å². The SMILES string of the molecule is Cc1ccc(N2C(=O)CS[C@H]2c2ccccc2NC(=O)c2ccccc2Cl)cc1. The number of rotatable bonds is 4. The lowest BCUT2D eigenvalue weighted by molar-refractivity contribution is -0.115. The van der Waals surface area contributed by atoms with Crippen molar-refractivity contribution >= 4 is 46.6 Å². The summed E-state index contributed by atoms with van der Waals surface area (Å²) in [5.74, 6) is 0.168. The first-order valence-corrected chi connectivity index (χ1v) is 10.6. The van der Waals surface area contributed by atoms with Crippen LogP contribution in [0, 0.1) is 6.92 Å². The second-order valence-electron chi connectivity index (χ2n) is 6.78. The molecular weight excluding hydrogens is 404 g/mol. The molecule has 1 fully saturated rings. The van der Waals surface area contributed by atoms with Gasteiger partial charge < -0.3 is 5.32 Å². The summed E-state index contributed by atoms with van der Waals surface area (Å²) in [4.78, 5) is 27.2. The molecule has 3 aromatic carbocycles. The fourth-order valence-electron chi connectivity index (χ4n) is 3.30. The lowest BCUT2D eigenvalue weighted by Gasteiger charge is -2.26. The third-order valence-corrected chi connectivity index (χ3v) is 6.30. The monoisotopic (exact) mass is 422 g/mol. The molecule has 0 bridgehead atoms. The van der Waals surface area contributed by atoms with Gasteiger partial charge in [0.25, 0.3) is 5.91 Å². The van der Waals surface area contributed by atoms with E-state index in [1.54, 1.807) is 40.9 Å². The number of carbonyl (C=O) groups is 2. The molecule has 3 aromatic rings. The Balaban J connectivity index is 1.67. The van der Waals surface area contributed by atoms with Gasteiger partial charge in [-0.05, 0) is 37.3 Å². The minimum absolute atomic E-state index is 0.0519. The Morgan fingerprint density at radius 3 is 2.48 bits per heavy atom. The summed E-state index contributed by atoms with van der Waals surface area (Å²) in [7, 11) is 0. The van der Waals surface area contributed by atoms with Crippen LogP contribution in [-0.2, 0) is 4.79 Å². The summed E-state index contributed by atoms with van der Waals surface area (Å²) in [6, 6.07) is 22.4. The summed E-state index contributed by atoms with van der Waals surface area (Å²) in [6.07, 6.45) is 0. The molecule has 0 aliphatic carbocycles. The van der Waals surface area contributed by atoms with Crippen LogP contribution in [0.1, 0.15) is 26.9 Å². The van der Waals surface area contributed by atoms with Crippen molar-refractivity contribution in [2.24, 2.45) is 0 Å². The highest BCUT2D eigenvalue weighted by Gasteiger charge is 2.35. The molecule has 4 rings (SSSR count). The number of anilines is 2. The molecule has 1 N–H and O–H groups in total. The second-order valence-corrected chi connectivity index (χ2v) is 8.26. The van der Waals surface area contributed by atoms with Crippen LogP contribution < -0.4 is 10.2 Å². The molecule has 1 heterocycles. The number of hydrogen-bond donors (Lipinski definition) is 1. The van der Waals surface area contributed by atoms with Gasteiger partial charge in [-0.2, -0.15) is 0 Å². The summed E-state index contributed by atoms with van der Waals surface area (Å²) in [5.41, 5.74) is 3.94. The van der Waals surface area contributed by atoms with Crippen molar-refractivity contribution in [1.29, 1.82) is 0 Å². The highest BCUT2D eigenvalue weighted by atomic mass is 35.5. The normalized spacial score (nSPS) is 16.1. The quantitative estimate of drug-likeness (QED) is 0.588. The lowest BCUT2D eigenvalue weighted by atomic mass is 10.1. The fourth-order valence-corrected chi connectivity index (χ4v) is 4.73. The molecular formula is C23H19ClN2O2S. The van der Waals surface area contributed by atoms with E-state index < -0.39 is 0 Å². The third kappa shape index (κ3) is 4.02. The molecule has 29 heavy (non-hydrogen) atoms. The van der Waals surface area contributed by atoms with E-state index in [4.69, 9.17) is 11.6 Å². The lowest BCUT2D eigenvalue weighted by Crippen LogP contribution is -2.28. The van der Waals surface area contributed by atoms with E-state index in [0.717, 1.165) is 16.8 Å². The zero-order valence-electron chi connectivity index (χ0n) is 15.8. The van der Waals surface area contributed by atoms with Gasteiger partial charge in [0.2, 0.25) is 5.91 Å². The Morgan fingerprint density at radius 1 is 1.03 bits per heavy atom. The molecule has 0 spiro atoms. The van der Waals surface area contributed by atoms with Gasteiger partial charge in [-0.3, -0.25) is 14.5 Å². The first-order valence-electron chi connectivity index (χ1n) is 9.20. The summed E-state index contributed by atoms with van der Waals surface area (Å²) in [5, 5.41) is 3.15. The maximum atomic E-state index is 12.8. The number of carbonyl (C=O) groups excluding carboxylic acids is 2. The molecule has 1 aliphatic heterocycles. The highest BCUT2D eigenvalue weighted by Crippen LogP contribution is 2.44. The molecule has 0 radical (unpaired) electrons. The van der Waals surface area contributed by atoms with Gasteiger partial charge >= 0.3 is 0 Å².